The number of benzene rings is 1. The van der Waals surface area contributed by atoms with E-state index in [9.17, 15) is 4.79 Å². The van der Waals surface area contributed by atoms with Gasteiger partial charge >= 0.3 is 0 Å². The van der Waals surface area contributed by atoms with E-state index >= 15 is 0 Å². The lowest BCUT2D eigenvalue weighted by molar-refractivity contribution is -0.114. The molecule has 0 saturated heterocycles. The van der Waals surface area contributed by atoms with E-state index in [-0.39, 0.29) is 5.78 Å². The highest BCUT2D eigenvalue weighted by Crippen LogP contribution is 2.12. The van der Waals surface area contributed by atoms with Gasteiger partial charge < -0.3 is 0 Å². The van der Waals surface area contributed by atoms with Crippen molar-refractivity contribution in [1.29, 1.82) is 0 Å². The zero-order valence-electron chi connectivity index (χ0n) is 8.08. The van der Waals surface area contributed by atoms with Crippen LogP contribution in [-0.2, 0) is 4.79 Å². The van der Waals surface area contributed by atoms with Gasteiger partial charge in [0.1, 0.15) is 0 Å². The summed E-state index contributed by atoms with van der Waals surface area (Å²) in [5.74, 6) is 0.182. The Balaban J connectivity index is 2.85. The molecule has 0 amide bonds. The van der Waals surface area contributed by atoms with Crippen LogP contribution in [0.25, 0.3) is 5.57 Å². The van der Waals surface area contributed by atoms with Gasteiger partial charge in [0.15, 0.2) is 5.78 Å². The number of allylic oxidation sites excluding steroid dienone is 2. The van der Waals surface area contributed by atoms with Gasteiger partial charge in [-0.1, -0.05) is 37.3 Å². The van der Waals surface area contributed by atoms with Gasteiger partial charge in [-0.05, 0) is 24.1 Å². The second-order valence-corrected chi connectivity index (χ2v) is 3.01. The molecule has 0 aromatic heterocycles. The standard InChI is InChI=1S/C12H14O/c1-3-12(13)9-10(2)11-7-5-4-6-8-11/h4-9H,3H2,1-2H3. The molecule has 68 valence electrons. The summed E-state index contributed by atoms with van der Waals surface area (Å²) in [7, 11) is 0. The van der Waals surface area contributed by atoms with E-state index in [2.05, 4.69) is 0 Å². The summed E-state index contributed by atoms with van der Waals surface area (Å²) < 4.78 is 0. The average molecular weight is 174 g/mol. The lowest BCUT2D eigenvalue weighted by Gasteiger charge is -1.99. The van der Waals surface area contributed by atoms with Crippen LogP contribution >= 0.6 is 0 Å². The molecule has 0 saturated carbocycles. The Hall–Kier alpha value is -1.37. The molecule has 0 bridgehead atoms. The Morgan fingerprint density at radius 2 is 1.92 bits per heavy atom. The first kappa shape index (κ1) is 9.72. The third kappa shape index (κ3) is 2.86. The second kappa shape index (κ2) is 4.61. The number of hydrogen-bond donors (Lipinski definition) is 0. The molecule has 0 aliphatic heterocycles. The molecule has 1 aromatic carbocycles. The van der Waals surface area contributed by atoms with Gasteiger partial charge in [-0.25, -0.2) is 0 Å². The zero-order valence-corrected chi connectivity index (χ0v) is 8.08. The van der Waals surface area contributed by atoms with Crippen molar-refractivity contribution in [2.75, 3.05) is 0 Å². The smallest absolute Gasteiger partial charge is 0.155 e. The summed E-state index contributed by atoms with van der Waals surface area (Å²) in [5, 5.41) is 0. The predicted octanol–water partition coefficient (Wildman–Crippen LogP) is 3.07. The van der Waals surface area contributed by atoms with Crippen molar-refractivity contribution in [3.05, 3.63) is 42.0 Å². The second-order valence-electron chi connectivity index (χ2n) is 3.01. The molecule has 0 radical (unpaired) electrons. The summed E-state index contributed by atoms with van der Waals surface area (Å²) in [6.07, 6.45) is 2.28. The Morgan fingerprint density at radius 1 is 1.31 bits per heavy atom. The molecule has 0 heterocycles. The quantitative estimate of drug-likeness (QED) is 0.643. The van der Waals surface area contributed by atoms with Crippen LogP contribution < -0.4 is 0 Å². The first-order valence-corrected chi connectivity index (χ1v) is 4.50. The van der Waals surface area contributed by atoms with Crippen LogP contribution in [0, 0.1) is 0 Å². The van der Waals surface area contributed by atoms with Crippen molar-refractivity contribution in [2.24, 2.45) is 0 Å². The fourth-order valence-corrected chi connectivity index (χ4v) is 1.13. The molecule has 0 atom stereocenters. The minimum absolute atomic E-state index is 0.182. The summed E-state index contributed by atoms with van der Waals surface area (Å²) in [6, 6.07) is 9.94. The molecular formula is C12H14O. The molecule has 0 fully saturated rings. The first-order valence-electron chi connectivity index (χ1n) is 4.50. The highest BCUT2D eigenvalue weighted by atomic mass is 16.1. The monoisotopic (exact) mass is 174 g/mol. The summed E-state index contributed by atoms with van der Waals surface area (Å²) in [6.45, 7) is 3.83. The zero-order chi connectivity index (χ0) is 9.68. The molecule has 0 aliphatic rings. The fraction of sp³-hybridized carbons (Fsp3) is 0.250. The maximum absolute atomic E-state index is 11.1. The average Bonchev–Trinajstić information content (AvgIpc) is 2.19. The van der Waals surface area contributed by atoms with Crippen LogP contribution in [0.1, 0.15) is 25.8 Å². The molecule has 1 rings (SSSR count). The summed E-state index contributed by atoms with van der Waals surface area (Å²) in [4.78, 5) is 11.1. The number of rotatable bonds is 3. The van der Waals surface area contributed by atoms with Crippen molar-refractivity contribution in [1.82, 2.24) is 0 Å². The van der Waals surface area contributed by atoms with Gasteiger partial charge in [0.25, 0.3) is 0 Å². The van der Waals surface area contributed by atoms with E-state index < -0.39 is 0 Å². The topological polar surface area (TPSA) is 17.1 Å². The van der Waals surface area contributed by atoms with Gasteiger partial charge in [-0.15, -0.1) is 0 Å². The molecule has 13 heavy (non-hydrogen) atoms. The van der Waals surface area contributed by atoms with Crippen LogP contribution in [0.5, 0.6) is 0 Å². The van der Waals surface area contributed by atoms with Gasteiger partial charge in [0.05, 0.1) is 0 Å². The van der Waals surface area contributed by atoms with E-state index in [4.69, 9.17) is 0 Å². The highest BCUT2D eigenvalue weighted by Gasteiger charge is 1.96. The predicted molar refractivity (Wildman–Crippen MR) is 55.4 cm³/mol. The first-order chi connectivity index (χ1) is 6.24. The third-order valence-electron chi connectivity index (χ3n) is 1.96. The summed E-state index contributed by atoms with van der Waals surface area (Å²) >= 11 is 0. The number of carbonyl (C=O) groups is 1. The van der Waals surface area contributed by atoms with E-state index in [1.54, 1.807) is 6.08 Å². The number of hydrogen-bond acceptors (Lipinski definition) is 1. The van der Waals surface area contributed by atoms with Crippen molar-refractivity contribution in [2.45, 2.75) is 20.3 Å². The van der Waals surface area contributed by atoms with Gasteiger partial charge in [-0.2, -0.15) is 0 Å². The lowest BCUT2D eigenvalue weighted by atomic mass is 10.1. The van der Waals surface area contributed by atoms with Crippen LogP contribution in [-0.4, -0.2) is 5.78 Å². The fourth-order valence-electron chi connectivity index (χ4n) is 1.13. The number of carbonyl (C=O) groups excluding carboxylic acids is 1. The minimum atomic E-state index is 0.182. The highest BCUT2D eigenvalue weighted by molar-refractivity contribution is 5.96. The SMILES string of the molecule is CCC(=O)C=C(C)c1ccccc1. The summed E-state index contributed by atoms with van der Waals surface area (Å²) in [5.41, 5.74) is 2.15. The van der Waals surface area contributed by atoms with Crippen molar-refractivity contribution in [3.63, 3.8) is 0 Å². The van der Waals surface area contributed by atoms with Crippen molar-refractivity contribution < 1.29 is 4.79 Å². The third-order valence-corrected chi connectivity index (χ3v) is 1.96. The van der Waals surface area contributed by atoms with Crippen LogP contribution in [0.2, 0.25) is 0 Å². The van der Waals surface area contributed by atoms with E-state index in [0.29, 0.717) is 6.42 Å². The molecule has 1 aromatic rings. The maximum atomic E-state index is 11.1. The molecular weight excluding hydrogens is 160 g/mol. The minimum Gasteiger partial charge on any atom is -0.295 e. The Labute approximate surface area is 79.1 Å². The normalized spacial score (nSPS) is 11.4. The lowest BCUT2D eigenvalue weighted by Crippen LogP contribution is -1.90. The largest absolute Gasteiger partial charge is 0.295 e. The van der Waals surface area contributed by atoms with Crippen LogP contribution in [0.3, 0.4) is 0 Å². The van der Waals surface area contributed by atoms with E-state index in [1.165, 1.54) is 0 Å². The molecule has 1 heteroatoms. The van der Waals surface area contributed by atoms with Crippen molar-refractivity contribution in [3.8, 4) is 0 Å². The van der Waals surface area contributed by atoms with Gasteiger partial charge in [-0.3, -0.25) is 4.79 Å². The van der Waals surface area contributed by atoms with Crippen LogP contribution in [0.4, 0.5) is 0 Å². The Bertz CT molecular complexity index is 309. The van der Waals surface area contributed by atoms with Gasteiger partial charge in [0, 0.05) is 6.42 Å². The molecule has 0 unspecified atom stereocenters. The van der Waals surface area contributed by atoms with Crippen LogP contribution in [0.15, 0.2) is 36.4 Å². The Kier molecular flexibility index (Phi) is 3.44. The molecule has 0 N–H and O–H groups in total. The van der Waals surface area contributed by atoms with Gasteiger partial charge in [0.2, 0.25) is 0 Å². The van der Waals surface area contributed by atoms with Crippen molar-refractivity contribution >= 4 is 11.4 Å². The van der Waals surface area contributed by atoms with E-state index in [0.717, 1.165) is 11.1 Å². The maximum Gasteiger partial charge on any atom is 0.155 e. The van der Waals surface area contributed by atoms with E-state index in [1.807, 2.05) is 44.2 Å². The Morgan fingerprint density at radius 3 is 2.46 bits per heavy atom. The molecule has 0 aliphatic carbocycles. The molecule has 0 spiro atoms. The molecule has 1 nitrogen and oxygen atoms in total. The number of ketones is 1.